The van der Waals surface area contributed by atoms with Gasteiger partial charge in [0.2, 0.25) is 0 Å². The topological polar surface area (TPSA) is 29.3 Å². The minimum Gasteiger partial charge on any atom is -0.365 e. The molecule has 0 bridgehead atoms. The van der Waals surface area contributed by atoms with E-state index in [4.69, 9.17) is 5.73 Å². The number of hydrogen-bond donors (Lipinski definition) is 1. The fraction of sp³-hybridized carbons (Fsp3) is 0.429. The lowest BCUT2D eigenvalue weighted by Gasteiger charge is -2.27. The van der Waals surface area contributed by atoms with Gasteiger partial charge in [-0.3, -0.25) is 0 Å². The minimum atomic E-state index is 0.0854. The van der Waals surface area contributed by atoms with E-state index < -0.39 is 0 Å². The number of rotatable bonds is 5. The first-order valence-electron chi connectivity index (χ1n) is 5.96. The zero-order chi connectivity index (χ0) is 11.5. The van der Waals surface area contributed by atoms with Crippen molar-refractivity contribution in [3.8, 4) is 0 Å². The van der Waals surface area contributed by atoms with Crippen LogP contribution in [0.15, 0.2) is 36.9 Å². The SMILES string of the molecule is C=CCN(c1ccccc1[C@H](C)N)C1CC1. The molecule has 1 fully saturated rings. The van der Waals surface area contributed by atoms with Crippen molar-refractivity contribution in [2.45, 2.75) is 31.8 Å². The minimum absolute atomic E-state index is 0.0854. The van der Waals surface area contributed by atoms with Crippen molar-refractivity contribution in [2.24, 2.45) is 5.73 Å². The van der Waals surface area contributed by atoms with Crippen LogP contribution in [-0.4, -0.2) is 12.6 Å². The molecule has 2 N–H and O–H groups in total. The maximum absolute atomic E-state index is 6.02. The lowest BCUT2D eigenvalue weighted by atomic mass is 10.1. The second-order valence-electron chi connectivity index (χ2n) is 4.52. The molecule has 0 spiro atoms. The number of hydrogen-bond acceptors (Lipinski definition) is 2. The van der Waals surface area contributed by atoms with E-state index >= 15 is 0 Å². The first-order chi connectivity index (χ1) is 7.74. The molecule has 2 nitrogen and oxygen atoms in total. The molecular formula is C14H20N2. The molecule has 1 aliphatic carbocycles. The van der Waals surface area contributed by atoms with E-state index in [1.165, 1.54) is 24.1 Å². The molecule has 16 heavy (non-hydrogen) atoms. The molecular weight excluding hydrogens is 196 g/mol. The van der Waals surface area contributed by atoms with Crippen molar-refractivity contribution in [1.82, 2.24) is 0 Å². The van der Waals surface area contributed by atoms with Crippen LogP contribution in [0.25, 0.3) is 0 Å². The Kier molecular flexibility index (Phi) is 3.30. The molecule has 0 amide bonds. The van der Waals surface area contributed by atoms with E-state index in [0.717, 1.165) is 6.54 Å². The predicted molar refractivity (Wildman–Crippen MR) is 69.6 cm³/mol. The van der Waals surface area contributed by atoms with Gasteiger partial charge in [0.25, 0.3) is 0 Å². The van der Waals surface area contributed by atoms with E-state index in [9.17, 15) is 0 Å². The average Bonchev–Trinajstić information content (AvgIpc) is 3.10. The summed E-state index contributed by atoms with van der Waals surface area (Å²) in [6, 6.07) is 9.21. The Labute approximate surface area is 97.8 Å². The van der Waals surface area contributed by atoms with Gasteiger partial charge in [0.15, 0.2) is 0 Å². The largest absolute Gasteiger partial charge is 0.365 e. The summed E-state index contributed by atoms with van der Waals surface area (Å²) < 4.78 is 0. The zero-order valence-corrected chi connectivity index (χ0v) is 9.89. The first kappa shape index (κ1) is 11.2. The normalized spacial score (nSPS) is 16.9. The van der Waals surface area contributed by atoms with Crippen molar-refractivity contribution >= 4 is 5.69 Å². The Morgan fingerprint density at radius 3 is 2.75 bits per heavy atom. The molecule has 0 aliphatic heterocycles. The fourth-order valence-electron chi connectivity index (χ4n) is 2.10. The summed E-state index contributed by atoms with van der Waals surface area (Å²) >= 11 is 0. The summed E-state index contributed by atoms with van der Waals surface area (Å²) in [6.07, 6.45) is 4.55. The summed E-state index contributed by atoms with van der Waals surface area (Å²) in [7, 11) is 0. The zero-order valence-electron chi connectivity index (χ0n) is 9.89. The monoisotopic (exact) mass is 216 g/mol. The van der Waals surface area contributed by atoms with Crippen molar-refractivity contribution < 1.29 is 0 Å². The molecule has 1 atom stereocenters. The Hall–Kier alpha value is -1.28. The second-order valence-corrected chi connectivity index (χ2v) is 4.52. The quantitative estimate of drug-likeness (QED) is 0.767. The maximum Gasteiger partial charge on any atom is 0.0419 e. The fourth-order valence-corrected chi connectivity index (χ4v) is 2.10. The van der Waals surface area contributed by atoms with Gasteiger partial charge in [0, 0.05) is 24.3 Å². The Balaban J connectivity index is 2.31. The highest BCUT2D eigenvalue weighted by molar-refractivity contribution is 5.56. The Morgan fingerprint density at radius 2 is 2.19 bits per heavy atom. The lowest BCUT2D eigenvalue weighted by Crippen LogP contribution is -2.27. The number of anilines is 1. The van der Waals surface area contributed by atoms with Crippen LogP contribution in [0.3, 0.4) is 0 Å². The molecule has 86 valence electrons. The molecule has 2 heteroatoms. The van der Waals surface area contributed by atoms with Gasteiger partial charge in [-0.05, 0) is 31.4 Å². The highest BCUT2D eigenvalue weighted by atomic mass is 15.2. The molecule has 1 aliphatic rings. The summed E-state index contributed by atoms with van der Waals surface area (Å²) in [5.74, 6) is 0. The molecule has 2 rings (SSSR count). The summed E-state index contributed by atoms with van der Waals surface area (Å²) in [5.41, 5.74) is 8.53. The van der Waals surface area contributed by atoms with Crippen LogP contribution < -0.4 is 10.6 Å². The first-order valence-corrected chi connectivity index (χ1v) is 5.96. The molecule has 0 unspecified atom stereocenters. The van der Waals surface area contributed by atoms with Gasteiger partial charge in [0.1, 0.15) is 0 Å². The molecule has 1 aromatic carbocycles. The highest BCUT2D eigenvalue weighted by Gasteiger charge is 2.29. The third kappa shape index (κ3) is 2.27. The third-order valence-electron chi connectivity index (χ3n) is 3.05. The van der Waals surface area contributed by atoms with Crippen molar-refractivity contribution in [1.29, 1.82) is 0 Å². The van der Waals surface area contributed by atoms with Gasteiger partial charge in [-0.15, -0.1) is 6.58 Å². The van der Waals surface area contributed by atoms with Crippen molar-refractivity contribution in [2.75, 3.05) is 11.4 Å². The predicted octanol–water partition coefficient (Wildman–Crippen LogP) is 2.86. The van der Waals surface area contributed by atoms with E-state index in [-0.39, 0.29) is 6.04 Å². The summed E-state index contributed by atoms with van der Waals surface area (Å²) in [4.78, 5) is 2.42. The van der Waals surface area contributed by atoms with Gasteiger partial charge < -0.3 is 10.6 Å². The van der Waals surface area contributed by atoms with Crippen LogP contribution in [-0.2, 0) is 0 Å². The van der Waals surface area contributed by atoms with E-state index in [0.29, 0.717) is 6.04 Å². The van der Waals surface area contributed by atoms with Crippen LogP contribution in [0, 0.1) is 0 Å². The van der Waals surface area contributed by atoms with Crippen molar-refractivity contribution in [3.63, 3.8) is 0 Å². The lowest BCUT2D eigenvalue weighted by molar-refractivity contribution is 0.788. The van der Waals surface area contributed by atoms with Gasteiger partial charge in [0.05, 0.1) is 0 Å². The molecule has 1 aromatic rings. The average molecular weight is 216 g/mol. The number of para-hydroxylation sites is 1. The number of benzene rings is 1. The van der Waals surface area contributed by atoms with Gasteiger partial charge in [-0.1, -0.05) is 24.3 Å². The van der Waals surface area contributed by atoms with E-state index in [1.54, 1.807) is 0 Å². The van der Waals surface area contributed by atoms with Crippen LogP contribution >= 0.6 is 0 Å². The van der Waals surface area contributed by atoms with Gasteiger partial charge in [-0.2, -0.15) is 0 Å². The standard InChI is InChI=1S/C14H20N2/c1-3-10-16(12-8-9-12)14-7-5-4-6-13(14)11(2)15/h3-7,11-12H,1,8-10,15H2,2H3/t11-/m0/s1. The molecule has 0 radical (unpaired) electrons. The van der Waals surface area contributed by atoms with E-state index in [2.05, 4.69) is 35.7 Å². The van der Waals surface area contributed by atoms with Crippen LogP contribution in [0.5, 0.6) is 0 Å². The van der Waals surface area contributed by atoms with Gasteiger partial charge in [-0.25, -0.2) is 0 Å². The Bertz CT molecular complexity index is 367. The second kappa shape index (κ2) is 4.71. The third-order valence-corrected chi connectivity index (χ3v) is 3.05. The summed E-state index contributed by atoms with van der Waals surface area (Å²) in [6.45, 7) is 6.79. The highest BCUT2D eigenvalue weighted by Crippen LogP contribution is 2.34. The van der Waals surface area contributed by atoms with Crippen LogP contribution in [0.4, 0.5) is 5.69 Å². The van der Waals surface area contributed by atoms with Crippen LogP contribution in [0.1, 0.15) is 31.4 Å². The van der Waals surface area contributed by atoms with E-state index in [1.807, 2.05) is 13.0 Å². The van der Waals surface area contributed by atoms with Crippen LogP contribution in [0.2, 0.25) is 0 Å². The molecule has 1 saturated carbocycles. The Morgan fingerprint density at radius 1 is 1.50 bits per heavy atom. The van der Waals surface area contributed by atoms with Crippen molar-refractivity contribution in [3.05, 3.63) is 42.5 Å². The molecule has 0 saturated heterocycles. The smallest absolute Gasteiger partial charge is 0.0419 e. The number of nitrogens with zero attached hydrogens (tertiary/aromatic N) is 1. The summed E-state index contributed by atoms with van der Waals surface area (Å²) in [5, 5.41) is 0. The molecule has 0 aromatic heterocycles. The number of nitrogens with two attached hydrogens (primary N) is 1. The van der Waals surface area contributed by atoms with Gasteiger partial charge >= 0.3 is 0 Å². The molecule has 0 heterocycles. The maximum atomic E-state index is 6.02.